The number of Topliss-reactive ketones (excluding diaryl/α,β-unsaturated/α-hetero) is 1. The summed E-state index contributed by atoms with van der Waals surface area (Å²) < 4.78 is 14.3. The maximum atomic E-state index is 14.3. The molecule has 0 aliphatic heterocycles. The molecule has 2 rings (SSSR count). The SMILES string of the molecule is O=C(O)CCC(=O)C1(Cl)C=CC(c2ccccc2)=C(F)C1. The normalized spacial score (nSPS) is 21.4. The van der Waals surface area contributed by atoms with Gasteiger partial charge in [0.25, 0.3) is 0 Å². The summed E-state index contributed by atoms with van der Waals surface area (Å²) in [5.41, 5.74) is 1.11. The van der Waals surface area contributed by atoms with Crippen molar-refractivity contribution in [2.45, 2.75) is 24.1 Å². The molecule has 21 heavy (non-hydrogen) atoms. The standard InChI is InChI=1S/C16H14ClFO3/c17-16(14(19)6-7-15(20)21)9-8-12(13(18)10-16)11-4-2-1-3-5-11/h1-5,8-9H,6-7,10H2,(H,20,21). The van der Waals surface area contributed by atoms with Crippen LogP contribution in [-0.4, -0.2) is 21.7 Å². The topological polar surface area (TPSA) is 54.4 Å². The molecular weight excluding hydrogens is 295 g/mol. The van der Waals surface area contributed by atoms with Crippen molar-refractivity contribution >= 4 is 28.9 Å². The summed E-state index contributed by atoms with van der Waals surface area (Å²) in [5.74, 6) is -2.03. The molecule has 1 aliphatic rings. The van der Waals surface area contributed by atoms with Crippen LogP contribution in [-0.2, 0) is 9.59 Å². The van der Waals surface area contributed by atoms with Gasteiger partial charge in [0.1, 0.15) is 10.7 Å². The highest BCUT2D eigenvalue weighted by Gasteiger charge is 2.37. The van der Waals surface area contributed by atoms with Gasteiger partial charge in [0.2, 0.25) is 0 Å². The van der Waals surface area contributed by atoms with Gasteiger partial charge < -0.3 is 5.11 Å². The summed E-state index contributed by atoms with van der Waals surface area (Å²) in [4.78, 5) is 21.0. The Balaban J connectivity index is 2.17. The third-order valence-electron chi connectivity index (χ3n) is 3.33. The van der Waals surface area contributed by atoms with Gasteiger partial charge in [0, 0.05) is 18.4 Å². The highest BCUT2D eigenvalue weighted by atomic mass is 35.5. The molecule has 110 valence electrons. The van der Waals surface area contributed by atoms with Crippen molar-refractivity contribution < 1.29 is 19.1 Å². The van der Waals surface area contributed by atoms with Crippen LogP contribution in [0.15, 0.2) is 48.3 Å². The molecule has 0 aromatic heterocycles. The number of alkyl halides is 1. The lowest BCUT2D eigenvalue weighted by Gasteiger charge is -2.25. The molecule has 3 nitrogen and oxygen atoms in total. The number of allylic oxidation sites excluding steroid dienone is 4. The number of carboxylic acid groups (broad SMARTS) is 1. The number of ketones is 1. The Morgan fingerprint density at radius 3 is 2.48 bits per heavy atom. The summed E-state index contributed by atoms with van der Waals surface area (Å²) in [6.45, 7) is 0. The van der Waals surface area contributed by atoms with Crippen LogP contribution in [0, 0.1) is 0 Å². The number of hydrogen-bond acceptors (Lipinski definition) is 2. The van der Waals surface area contributed by atoms with E-state index in [2.05, 4.69) is 0 Å². The number of carboxylic acids is 1. The van der Waals surface area contributed by atoms with Crippen molar-refractivity contribution in [3.8, 4) is 0 Å². The fourth-order valence-corrected chi connectivity index (χ4v) is 2.45. The Labute approximate surface area is 126 Å². The molecular formula is C16H14ClFO3. The van der Waals surface area contributed by atoms with E-state index < -0.39 is 22.5 Å². The van der Waals surface area contributed by atoms with Gasteiger partial charge in [-0.15, -0.1) is 11.6 Å². The highest BCUT2D eigenvalue weighted by molar-refractivity contribution is 6.37. The first-order chi connectivity index (χ1) is 9.92. The number of carbonyl (C=O) groups excluding carboxylic acids is 1. The molecule has 1 aromatic rings. The molecule has 0 spiro atoms. The van der Waals surface area contributed by atoms with Crippen molar-refractivity contribution in [1.82, 2.24) is 0 Å². The molecule has 0 fully saturated rings. The zero-order valence-electron chi connectivity index (χ0n) is 11.2. The molecule has 1 atom stereocenters. The average molecular weight is 309 g/mol. The summed E-state index contributed by atoms with van der Waals surface area (Å²) in [5, 5.41) is 8.59. The Kier molecular flexibility index (Phi) is 4.58. The minimum atomic E-state index is -1.49. The van der Waals surface area contributed by atoms with Crippen molar-refractivity contribution in [2.75, 3.05) is 0 Å². The van der Waals surface area contributed by atoms with Crippen molar-refractivity contribution in [3.05, 3.63) is 53.9 Å². The third-order valence-corrected chi connectivity index (χ3v) is 3.80. The molecule has 0 radical (unpaired) electrons. The second-order valence-corrected chi connectivity index (χ2v) is 5.55. The van der Waals surface area contributed by atoms with E-state index in [4.69, 9.17) is 16.7 Å². The lowest BCUT2D eigenvalue weighted by atomic mass is 9.87. The molecule has 0 heterocycles. The monoisotopic (exact) mass is 308 g/mol. The summed E-state index contributed by atoms with van der Waals surface area (Å²) in [7, 11) is 0. The zero-order valence-corrected chi connectivity index (χ0v) is 11.9. The Morgan fingerprint density at radius 2 is 1.90 bits per heavy atom. The Hall–Kier alpha value is -1.94. The molecule has 0 bridgehead atoms. The lowest BCUT2D eigenvalue weighted by Crippen LogP contribution is -2.32. The predicted molar refractivity (Wildman–Crippen MR) is 78.7 cm³/mol. The van der Waals surface area contributed by atoms with Crippen LogP contribution in [0.25, 0.3) is 5.57 Å². The number of rotatable bonds is 5. The fraction of sp³-hybridized carbons (Fsp3) is 0.250. The van der Waals surface area contributed by atoms with Gasteiger partial charge in [-0.05, 0) is 5.56 Å². The van der Waals surface area contributed by atoms with E-state index in [1.807, 2.05) is 6.07 Å². The smallest absolute Gasteiger partial charge is 0.303 e. The van der Waals surface area contributed by atoms with Crippen LogP contribution >= 0.6 is 11.6 Å². The highest BCUT2D eigenvalue weighted by Crippen LogP contribution is 2.38. The minimum absolute atomic E-state index is 0.211. The maximum Gasteiger partial charge on any atom is 0.303 e. The molecule has 1 aliphatic carbocycles. The Bertz CT molecular complexity index is 622. The predicted octanol–water partition coefficient (Wildman–Crippen LogP) is 3.74. The van der Waals surface area contributed by atoms with Gasteiger partial charge in [-0.2, -0.15) is 0 Å². The molecule has 0 saturated heterocycles. The average Bonchev–Trinajstić information content (AvgIpc) is 2.45. The van der Waals surface area contributed by atoms with Crippen LogP contribution in [0.3, 0.4) is 0 Å². The summed E-state index contributed by atoms with van der Waals surface area (Å²) in [6, 6.07) is 8.96. The van der Waals surface area contributed by atoms with Crippen LogP contribution in [0.4, 0.5) is 4.39 Å². The molecule has 0 amide bonds. The molecule has 0 saturated carbocycles. The molecule has 5 heteroatoms. The quantitative estimate of drug-likeness (QED) is 0.843. The fourth-order valence-electron chi connectivity index (χ4n) is 2.18. The number of hydrogen-bond donors (Lipinski definition) is 1. The van der Waals surface area contributed by atoms with Crippen molar-refractivity contribution in [2.24, 2.45) is 0 Å². The second kappa shape index (κ2) is 6.22. The molecule has 1 aromatic carbocycles. The number of benzene rings is 1. The van der Waals surface area contributed by atoms with Gasteiger partial charge >= 0.3 is 5.97 Å². The second-order valence-electron chi connectivity index (χ2n) is 4.87. The summed E-state index contributed by atoms with van der Waals surface area (Å²) >= 11 is 6.15. The first-order valence-corrected chi connectivity index (χ1v) is 6.87. The van der Waals surface area contributed by atoms with Gasteiger partial charge in [-0.3, -0.25) is 9.59 Å². The minimum Gasteiger partial charge on any atom is -0.481 e. The van der Waals surface area contributed by atoms with E-state index in [0.29, 0.717) is 11.1 Å². The first kappa shape index (κ1) is 15.4. The van der Waals surface area contributed by atoms with Gasteiger partial charge in [-0.1, -0.05) is 42.5 Å². The number of aliphatic carboxylic acids is 1. The lowest BCUT2D eigenvalue weighted by molar-refractivity contribution is -0.138. The van der Waals surface area contributed by atoms with E-state index in [0.717, 1.165) is 0 Å². The van der Waals surface area contributed by atoms with Crippen molar-refractivity contribution in [1.29, 1.82) is 0 Å². The van der Waals surface area contributed by atoms with Gasteiger partial charge in [-0.25, -0.2) is 4.39 Å². The maximum absolute atomic E-state index is 14.3. The summed E-state index contributed by atoms with van der Waals surface area (Å²) in [6.07, 6.45) is 2.16. The Morgan fingerprint density at radius 1 is 1.24 bits per heavy atom. The largest absolute Gasteiger partial charge is 0.481 e. The number of halogens is 2. The van der Waals surface area contributed by atoms with E-state index in [1.54, 1.807) is 24.3 Å². The first-order valence-electron chi connectivity index (χ1n) is 6.50. The number of carbonyl (C=O) groups is 2. The van der Waals surface area contributed by atoms with Gasteiger partial charge in [0.15, 0.2) is 5.78 Å². The van der Waals surface area contributed by atoms with Crippen LogP contribution in [0.2, 0.25) is 0 Å². The van der Waals surface area contributed by atoms with E-state index in [9.17, 15) is 14.0 Å². The zero-order chi connectivity index (χ0) is 15.5. The van der Waals surface area contributed by atoms with E-state index in [-0.39, 0.29) is 19.3 Å². The van der Waals surface area contributed by atoms with E-state index in [1.165, 1.54) is 12.2 Å². The van der Waals surface area contributed by atoms with Gasteiger partial charge in [0.05, 0.1) is 6.42 Å². The molecule has 1 N–H and O–H groups in total. The third kappa shape index (κ3) is 3.58. The van der Waals surface area contributed by atoms with Crippen LogP contribution < -0.4 is 0 Å². The van der Waals surface area contributed by atoms with Crippen LogP contribution in [0.1, 0.15) is 24.8 Å². The van der Waals surface area contributed by atoms with Crippen LogP contribution in [0.5, 0.6) is 0 Å². The van der Waals surface area contributed by atoms with E-state index >= 15 is 0 Å². The van der Waals surface area contributed by atoms with Crippen molar-refractivity contribution in [3.63, 3.8) is 0 Å². The molecule has 1 unspecified atom stereocenters.